The molecule has 1 heterocycles. The Labute approximate surface area is 111 Å². The van der Waals surface area contributed by atoms with Gasteiger partial charge in [-0.15, -0.1) is 0 Å². The third-order valence-corrected chi connectivity index (χ3v) is 2.77. The van der Waals surface area contributed by atoms with Crippen LogP contribution in [-0.2, 0) is 0 Å². The molecule has 0 radical (unpaired) electrons. The molecule has 5 heteroatoms. The molecule has 0 fully saturated rings. The first-order valence-corrected chi connectivity index (χ1v) is 5.94. The molecule has 0 aliphatic rings. The summed E-state index contributed by atoms with van der Waals surface area (Å²) in [5.41, 5.74) is 9.41. The Hall–Kier alpha value is -2.01. The summed E-state index contributed by atoms with van der Waals surface area (Å²) in [5.74, 6) is 0.582. The molecular formula is C13H14N4S. The van der Waals surface area contributed by atoms with Gasteiger partial charge in [0.15, 0.2) is 5.82 Å². The molecule has 0 saturated heterocycles. The number of aromatic nitrogens is 2. The van der Waals surface area contributed by atoms with E-state index in [9.17, 15) is 0 Å². The van der Waals surface area contributed by atoms with Gasteiger partial charge in [0.1, 0.15) is 10.7 Å². The number of benzene rings is 1. The van der Waals surface area contributed by atoms with Crippen molar-refractivity contribution in [2.45, 2.75) is 13.8 Å². The molecule has 0 aliphatic carbocycles. The van der Waals surface area contributed by atoms with E-state index in [4.69, 9.17) is 18.0 Å². The molecule has 18 heavy (non-hydrogen) atoms. The van der Waals surface area contributed by atoms with Gasteiger partial charge in [-0.05, 0) is 31.0 Å². The summed E-state index contributed by atoms with van der Waals surface area (Å²) >= 11 is 4.96. The maximum Gasteiger partial charge on any atom is 0.159 e. The Morgan fingerprint density at radius 3 is 2.67 bits per heavy atom. The second-order valence-electron chi connectivity index (χ2n) is 4.06. The van der Waals surface area contributed by atoms with Crippen LogP contribution in [0.3, 0.4) is 0 Å². The SMILES string of the molecule is Cc1ccc(C)c(Nc2nccnc2C(N)=S)c1. The minimum atomic E-state index is 0.232. The van der Waals surface area contributed by atoms with Crippen LogP contribution in [0.4, 0.5) is 11.5 Å². The lowest BCUT2D eigenvalue weighted by Gasteiger charge is -2.11. The summed E-state index contributed by atoms with van der Waals surface area (Å²) in [6, 6.07) is 6.16. The second kappa shape index (κ2) is 5.10. The number of rotatable bonds is 3. The Kier molecular flexibility index (Phi) is 3.53. The number of nitrogens with two attached hydrogens (primary N) is 1. The molecule has 0 unspecified atom stereocenters. The lowest BCUT2D eigenvalue weighted by Crippen LogP contribution is -2.15. The van der Waals surface area contributed by atoms with E-state index in [0.717, 1.165) is 11.3 Å². The molecule has 0 spiro atoms. The van der Waals surface area contributed by atoms with Crippen LogP contribution in [0.2, 0.25) is 0 Å². The third kappa shape index (κ3) is 2.62. The van der Waals surface area contributed by atoms with E-state index in [1.54, 1.807) is 12.4 Å². The average molecular weight is 258 g/mol. The van der Waals surface area contributed by atoms with Gasteiger partial charge in [0.25, 0.3) is 0 Å². The van der Waals surface area contributed by atoms with E-state index in [0.29, 0.717) is 11.5 Å². The van der Waals surface area contributed by atoms with Crippen molar-refractivity contribution in [2.24, 2.45) is 5.73 Å². The van der Waals surface area contributed by atoms with Gasteiger partial charge < -0.3 is 11.1 Å². The zero-order valence-electron chi connectivity index (χ0n) is 10.3. The Morgan fingerprint density at radius 2 is 1.94 bits per heavy atom. The van der Waals surface area contributed by atoms with Gasteiger partial charge in [-0.25, -0.2) is 9.97 Å². The van der Waals surface area contributed by atoms with Gasteiger partial charge in [0.2, 0.25) is 0 Å². The highest BCUT2D eigenvalue weighted by atomic mass is 32.1. The summed E-state index contributed by atoms with van der Waals surface area (Å²) < 4.78 is 0. The van der Waals surface area contributed by atoms with E-state index in [1.165, 1.54) is 5.56 Å². The number of thiocarbonyl (C=S) groups is 1. The molecule has 0 atom stereocenters. The van der Waals surface area contributed by atoms with Crippen molar-refractivity contribution in [2.75, 3.05) is 5.32 Å². The van der Waals surface area contributed by atoms with E-state index >= 15 is 0 Å². The highest BCUT2D eigenvalue weighted by Crippen LogP contribution is 2.21. The van der Waals surface area contributed by atoms with Gasteiger partial charge in [0, 0.05) is 18.1 Å². The predicted molar refractivity (Wildman–Crippen MR) is 77.1 cm³/mol. The van der Waals surface area contributed by atoms with Crippen LogP contribution < -0.4 is 11.1 Å². The molecule has 0 bridgehead atoms. The molecule has 1 aromatic carbocycles. The highest BCUT2D eigenvalue weighted by molar-refractivity contribution is 7.80. The standard InChI is InChI=1S/C13H14N4S/c1-8-3-4-9(2)10(7-8)17-13-11(12(14)18)15-5-6-16-13/h3-7H,1-2H3,(H2,14,18)(H,16,17). The van der Waals surface area contributed by atoms with E-state index in [1.807, 2.05) is 19.9 Å². The Bertz CT molecular complexity index is 595. The normalized spacial score (nSPS) is 10.1. The second-order valence-corrected chi connectivity index (χ2v) is 4.50. The summed E-state index contributed by atoms with van der Waals surface area (Å²) in [6.45, 7) is 4.06. The predicted octanol–water partition coefficient (Wildman–Crippen LogP) is 2.47. The zero-order chi connectivity index (χ0) is 13.1. The van der Waals surface area contributed by atoms with Gasteiger partial charge in [-0.1, -0.05) is 24.4 Å². The first-order chi connectivity index (χ1) is 8.58. The van der Waals surface area contributed by atoms with Crippen molar-refractivity contribution in [1.82, 2.24) is 9.97 Å². The first-order valence-electron chi connectivity index (χ1n) is 5.53. The van der Waals surface area contributed by atoms with Crippen LogP contribution in [0.25, 0.3) is 0 Å². The number of nitrogens with zero attached hydrogens (tertiary/aromatic N) is 2. The van der Waals surface area contributed by atoms with Crippen molar-refractivity contribution in [1.29, 1.82) is 0 Å². The highest BCUT2D eigenvalue weighted by Gasteiger charge is 2.09. The fourth-order valence-corrected chi connectivity index (χ4v) is 1.76. The maximum absolute atomic E-state index is 5.63. The summed E-state index contributed by atoms with van der Waals surface area (Å²) in [5, 5.41) is 3.22. The van der Waals surface area contributed by atoms with E-state index < -0.39 is 0 Å². The largest absolute Gasteiger partial charge is 0.388 e. The smallest absolute Gasteiger partial charge is 0.159 e. The van der Waals surface area contributed by atoms with Crippen LogP contribution in [0, 0.1) is 13.8 Å². The molecule has 2 rings (SSSR count). The molecule has 0 saturated carbocycles. The maximum atomic E-state index is 5.63. The van der Waals surface area contributed by atoms with Gasteiger partial charge in [-0.3, -0.25) is 0 Å². The van der Waals surface area contributed by atoms with Crippen molar-refractivity contribution >= 4 is 28.7 Å². The first kappa shape index (κ1) is 12.4. The summed E-state index contributed by atoms with van der Waals surface area (Å²) in [6.07, 6.45) is 3.18. The average Bonchev–Trinajstić information content (AvgIpc) is 2.34. The molecule has 4 nitrogen and oxygen atoms in total. The van der Waals surface area contributed by atoms with Crippen LogP contribution >= 0.6 is 12.2 Å². The fourth-order valence-electron chi connectivity index (χ4n) is 1.61. The molecule has 0 aliphatic heterocycles. The van der Waals surface area contributed by atoms with Gasteiger partial charge in [0.05, 0.1) is 0 Å². The van der Waals surface area contributed by atoms with Gasteiger partial charge in [-0.2, -0.15) is 0 Å². The van der Waals surface area contributed by atoms with Crippen LogP contribution in [0.15, 0.2) is 30.6 Å². The van der Waals surface area contributed by atoms with Crippen molar-refractivity contribution in [3.05, 3.63) is 47.4 Å². The minimum Gasteiger partial charge on any atom is -0.388 e. The lowest BCUT2D eigenvalue weighted by atomic mass is 10.1. The topological polar surface area (TPSA) is 63.8 Å². The van der Waals surface area contributed by atoms with Crippen LogP contribution in [-0.4, -0.2) is 15.0 Å². The van der Waals surface area contributed by atoms with Crippen molar-refractivity contribution in [3.8, 4) is 0 Å². The van der Waals surface area contributed by atoms with E-state index in [2.05, 4.69) is 27.4 Å². The molecule has 0 amide bonds. The monoisotopic (exact) mass is 258 g/mol. The fraction of sp³-hybridized carbons (Fsp3) is 0.154. The zero-order valence-corrected chi connectivity index (χ0v) is 11.1. The number of aryl methyl sites for hydroxylation is 2. The van der Waals surface area contributed by atoms with Crippen LogP contribution in [0.1, 0.15) is 16.8 Å². The molecule has 92 valence electrons. The Morgan fingerprint density at radius 1 is 1.22 bits per heavy atom. The van der Waals surface area contributed by atoms with E-state index in [-0.39, 0.29) is 4.99 Å². The van der Waals surface area contributed by atoms with Gasteiger partial charge >= 0.3 is 0 Å². The number of hydrogen-bond donors (Lipinski definition) is 2. The quantitative estimate of drug-likeness (QED) is 0.828. The number of nitrogens with one attached hydrogen (secondary N) is 1. The van der Waals surface area contributed by atoms with Crippen LogP contribution in [0.5, 0.6) is 0 Å². The summed E-state index contributed by atoms with van der Waals surface area (Å²) in [4.78, 5) is 8.59. The molecule has 1 aromatic heterocycles. The molecule has 2 aromatic rings. The summed E-state index contributed by atoms with van der Waals surface area (Å²) in [7, 11) is 0. The molecular weight excluding hydrogens is 244 g/mol. The minimum absolute atomic E-state index is 0.232. The number of anilines is 2. The lowest BCUT2D eigenvalue weighted by molar-refractivity contribution is 1.17. The van der Waals surface area contributed by atoms with Crippen molar-refractivity contribution < 1.29 is 0 Å². The van der Waals surface area contributed by atoms with Crippen molar-refractivity contribution in [3.63, 3.8) is 0 Å². The third-order valence-electron chi connectivity index (χ3n) is 2.58. The number of hydrogen-bond acceptors (Lipinski definition) is 4. The Balaban J connectivity index is 2.40. The molecule has 3 N–H and O–H groups in total.